The molecule has 7 heteroatoms. The molecular weight excluding hydrogens is 338 g/mol. The minimum atomic E-state index is -0.598. The number of anilines is 1. The number of thiazole rings is 1. The molecule has 0 spiro atoms. The van der Waals surface area contributed by atoms with E-state index in [-0.39, 0.29) is 24.2 Å². The van der Waals surface area contributed by atoms with E-state index in [0.29, 0.717) is 23.8 Å². The van der Waals surface area contributed by atoms with Crippen LogP contribution < -0.4 is 10.6 Å². The molecule has 0 aliphatic carbocycles. The van der Waals surface area contributed by atoms with Gasteiger partial charge in [0.25, 0.3) is 0 Å². The largest absolute Gasteiger partial charge is 0.388 e. The van der Waals surface area contributed by atoms with Crippen molar-refractivity contribution in [2.75, 3.05) is 11.9 Å². The van der Waals surface area contributed by atoms with E-state index in [0.717, 1.165) is 5.56 Å². The molecule has 1 atom stereocenters. The van der Waals surface area contributed by atoms with Crippen molar-refractivity contribution in [2.24, 2.45) is 5.92 Å². The average molecular weight is 361 g/mol. The maximum absolute atomic E-state index is 12.0. The molecule has 1 heterocycles. The maximum Gasteiger partial charge on any atom is 0.228 e. The van der Waals surface area contributed by atoms with Crippen LogP contribution in [-0.2, 0) is 16.0 Å². The first kappa shape index (κ1) is 19.1. The summed E-state index contributed by atoms with van der Waals surface area (Å²) in [6.45, 7) is 4.00. The zero-order valence-electron chi connectivity index (χ0n) is 14.4. The molecule has 0 fully saturated rings. The lowest BCUT2D eigenvalue weighted by atomic mass is 10.1. The Labute approximate surface area is 151 Å². The smallest absolute Gasteiger partial charge is 0.228 e. The summed E-state index contributed by atoms with van der Waals surface area (Å²) in [7, 11) is 0. The number of amides is 2. The van der Waals surface area contributed by atoms with Crippen LogP contribution in [0.5, 0.6) is 0 Å². The quantitative estimate of drug-likeness (QED) is 0.674. The van der Waals surface area contributed by atoms with Crippen molar-refractivity contribution in [1.29, 1.82) is 0 Å². The first-order valence-electron chi connectivity index (χ1n) is 8.20. The Hall–Kier alpha value is -2.25. The van der Waals surface area contributed by atoms with Crippen molar-refractivity contribution in [3.8, 4) is 0 Å². The van der Waals surface area contributed by atoms with Gasteiger partial charge in [-0.25, -0.2) is 4.98 Å². The Balaban J connectivity index is 1.73. The number of nitrogens with one attached hydrogen (secondary N) is 2. The van der Waals surface area contributed by atoms with Crippen LogP contribution in [0.2, 0.25) is 0 Å². The Kier molecular flexibility index (Phi) is 7.09. The summed E-state index contributed by atoms with van der Waals surface area (Å²) < 4.78 is 0. The number of nitrogens with zero attached hydrogens (tertiary/aromatic N) is 1. The van der Waals surface area contributed by atoms with Crippen molar-refractivity contribution < 1.29 is 14.7 Å². The SMILES string of the molecule is CC(C)C(=O)Nc1nc(CC(=O)NCC[C@@H](O)c2ccccc2)cs1. The van der Waals surface area contributed by atoms with Crippen LogP contribution in [0.25, 0.3) is 0 Å². The van der Waals surface area contributed by atoms with Gasteiger partial charge in [0.05, 0.1) is 18.2 Å². The minimum absolute atomic E-state index is 0.0970. The van der Waals surface area contributed by atoms with E-state index in [1.54, 1.807) is 19.2 Å². The second-order valence-corrected chi connectivity index (χ2v) is 6.89. The molecule has 0 saturated carbocycles. The highest BCUT2D eigenvalue weighted by Gasteiger charge is 2.12. The van der Waals surface area contributed by atoms with E-state index in [4.69, 9.17) is 0 Å². The normalized spacial score (nSPS) is 12.0. The molecule has 2 amide bonds. The van der Waals surface area contributed by atoms with Crippen LogP contribution in [0.3, 0.4) is 0 Å². The van der Waals surface area contributed by atoms with Gasteiger partial charge in [-0.1, -0.05) is 44.2 Å². The summed E-state index contributed by atoms with van der Waals surface area (Å²) in [5.41, 5.74) is 1.45. The number of benzene rings is 1. The van der Waals surface area contributed by atoms with E-state index in [1.165, 1.54) is 11.3 Å². The molecule has 0 saturated heterocycles. The third kappa shape index (κ3) is 6.28. The number of carbonyl (C=O) groups excluding carboxylic acids is 2. The number of aromatic nitrogens is 1. The lowest BCUT2D eigenvalue weighted by Crippen LogP contribution is -2.27. The number of hydrogen-bond acceptors (Lipinski definition) is 5. The molecule has 25 heavy (non-hydrogen) atoms. The van der Waals surface area contributed by atoms with Gasteiger partial charge >= 0.3 is 0 Å². The highest BCUT2D eigenvalue weighted by Crippen LogP contribution is 2.17. The van der Waals surface area contributed by atoms with Crippen molar-refractivity contribution >= 4 is 28.3 Å². The lowest BCUT2D eigenvalue weighted by molar-refractivity contribution is -0.120. The van der Waals surface area contributed by atoms with Gasteiger partial charge in [0.1, 0.15) is 0 Å². The van der Waals surface area contributed by atoms with E-state index in [9.17, 15) is 14.7 Å². The summed E-state index contributed by atoms with van der Waals surface area (Å²) in [5, 5.41) is 17.8. The highest BCUT2D eigenvalue weighted by atomic mass is 32.1. The maximum atomic E-state index is 12.0. The molecule has 134 valence electrons. The van der Waals surface area contributed by atoms with E-state index in [1.807, 2.05) is 30.3 Å². The van der Waals surface area contributed by atoms with Gasteiger partial charge in [-0.3, -0.25) is 9.59 Å². The van der Waals surface area contributed by atoms with Gasteiger partial charge < -0.3 is 15.7 Å². The minimum Gasteiger partial charge on any atom is -0.388 e. The van der Waals surface area contributed by atoms with E-state index < -0.39 is 6.10 Å². The number of rotatable bonds is 8. The molecule has 2 aromatic rings. The van der Waals surface area contributed by atoms with Gasteiger partial charge in [-0.15, -0.1) is 11.3 Å². The topological polar surface area (TPSA) is 91.3 Å². The fourth-order valence-corrected chi connectivity index (χ4v) is 2.83. The van der Waals surface area contributed by atoms with E-state index >= 15 is 0 Å². The summed E-state index contributed by atoms with van der Waals surface area (Å²) in [6, 6.07) is 9.34. The zero-order valence-corrected chi connectivity index (χ0v) is 15.2. The van der Waals surface area contributed by atoms with Crippen LogP contribution in [0.4, 0.5) is 5.13 Å². The molecule has 0 aliphatic heterocycles. The predicted octanol–water partition coefficient (Wildman–Crippen LogP) is 2.52. The second kappa shape index (κ2) is 9.29. The van der Waals surface area contributed by atoms with Crippen molar-refractivity contribution in [3.63, 3.8) is 0 Å². The monoisotopic (exact) mass is 361 g/mol. The Morgan fingerprint density at radius 2 is 1.96 bits per heavy atom. The second-order valence-electron chi connectivity index (χ2n) is 6.03. The third-order valence-electron chi connectivity index (χ3n) is 3.57. The first-order valence-corrected chi connectivity index (χ1v) is 9.08. The fourth-order valence-electron chi connectivity index (χ4n) is 2.11. The lowest BCUT2D eigenvalue weighted by Gasteiger charge is -2.11. The molecule has 2 rings (SSSR count). The molecule has 0 bridgehead atoms. The summed E-state index contributed by atoms with van der Waals surface area (Å²) in [4.78, 5) is 27.8. The van der Waals surface area contributed by atoms with Crippen LogP contribution in [0.1, 0.15) is 37.6 Å². The van der Waals surface area contributed by atoms with Gasteiger partial charge in [0.15, 0.2) is 5.13 Å². The fraction of sp³-hybridized carbons (Fsp3) is 0.389. The van der Waals surface area contributed by atoms with Crippen LogP contribution in [-0.4, -0.2) is 28.4 Å². The van der Waals surface area contributed by atoms with Crippen LogP contribution >= 0.6 is 11.3 Å². The molecule has 0 radical (unpaired) electrons. The van der Waals surface area contributed by atoms with Crippen LogP contribution in [0.15, 0.2) is 35.7 Å². The number of hydrogen-bond donors (Lipinski definition) is 3. The molecule has 3 N–H and O–H groups in total. The first-order chi connectivity index (χ1) is 12.0. The molecule has 1 aromatic carbocycles. The zero-order chi connectivity index (χ0) is 18.2. The van der Waals surface area contributed by atoms with Gasteiger partial charge in [0.2, 0.25) is 11.8 Å². The summed E-state index contributed by atoms with van der Waals surface area (Å²) >= 11 is 1.30. The standard InChI is InChI=1S/C18H23N3O3S/c1-12(2)17(24)21-18-20-14(11-25-18)10-16(23)19-9-8-15(22)13-6-4-3-5-7-13/h3-7,11-12,15,22H,8-10H2,1-2H3,(H,19,23)(H,20,21,24)/t15-/m1/s1. The Morgan fingerprint density at radius 1 is 1.24 bits per heavy atom. The average Bonchev–Trinajstić information content (AvgIpc) is 3.02. The van der Waals surface area contributed by atoms with Crippen LogP contribution in [0, 0.1) is 5.92 Å². The molecule has 1 aromatic heterocycles. The molecule has 0 unspecified atom stereocenters. The summed E-state index contributed by atoms with van der Waals surface area (Å²) in [6.07, 6.45) is -0.00327. The third-order valence-corrected chi connectivity index (χ3v) is 4.38. The Bertz CT molecular complexity index is 701. The van der Waals surface area contributed by atoms with Crippen molar-refractivity contribution in [3.05, 3.63) is 47.0 Å². The van der Waals surface area contributed by atoms with Crippen molar-refractivity contribution in [2.45, 2.75) is 32.8 Å². The predicted molar refractivity (Wildman–Crippen MR) is 98.3 cm³/mol. The molecular formula is C18H23N3O3S. The number of aliphatic hydroxyl groups excluding tert-OH is 1. The number of carbonyl (C=O) groups is 2. The molecule has 6 nitrogen and oxygen atoms in total. The van der Waals surface area contributed by atoms with Crippen molar-refractivity contribution in [1.82, 2.24) is 10.3 Å². The summed E-state index contributed by atoms with van der Waals surface area (Å²) in [5.74, 6) is -0.376. The van der Waals surface area contributed by atoms with Gasteiger partial charge in [0, 0.05) is 17.8 Å². The highest BCUT2D eigenvalue weighted by molar-refractivity contribution is 7.13. The molecule has 0 aliphatic rings. The number of aliphatic hydroxyl groups is 1. The Morgan fingerprint density at radius 3 is 2.64 bits per heavy atom. The van der Waals surface area contributed by atoms with E-state index in [2.05, 4.69) is 15.6 Å². The van der Waals surface area contributed by atoms with Gasteiger partial charge in [-0.05, 0) is 12.0 Å². The van der Waals surface area contributed by atoms with Gasteiger partial charge in [-0.2, -0.15) is 0 Å².